The molecule has 1 aromatic heterocycles. The molecule has 0 aliphatic carbocycles. The van der Waals surface area contributed by atoms with Gasteiger partial charge in [-0.05, 0) is 94.6 Å². The van der Waals surface area contributed by atoms with Crippen LogP contribution in [-0.4, -0.2) is 32.6 Å². The maximum atomic E-state index is 7.10. The smallest absolute Gasteiger partial charge is 0.192 e. The first kappa shape index (κ1) is 38.7. The van der Waals surface area contributed by atoms with Crippen LogP contribution in [0.15, 0.2) is 121 Å². The van der Waals surface area contributed by atoms with Crippen molar-refractivity contribution in [1.82, 2.24) is 15.6 Å². The maximum absolute atomic E-state index is 7.10. The lowest BCUT2D eigenvalue weighted by atomic mass is 9.80. The first-order valence-corrected chi connectivity index (χ1v) is 20.9. The van der Waals surface area contributed by atoms with Crippen molar-refractivity contribution < 1.29 is 18.6 Å². The Morgan fingerprint density at radius 3 is 1.77 bits per heavy atom. The van der Waals surface area contributed by atoms with Crippen molar-refractivity contribution in [3.63, 3.8) is 0 Å². The molecule has 0 bridgehead atoms. The van der Waals surface area contributed by atoms with E-state index >= 15 is 0 Å². The van der Waals surface area contributed by atoms with Gasteiger partial charge in [-0.15, -0.1) is 0 Å². The van der Waals surface area contributed by atoms with Crippen LogP contribution in [0.5, 0.6) is 11.5 Å². The van der Waals surface area contributed by atoms with Crippen LogP contribution in [-0.2, 0) is 41.1 Å². The molecule has 0 unspecified atom stereocenters. The van der Waals surface area contributed by atoms with Crippen LogP contribution in [0.4, 0.5) is 0 Å². The van der Waals surface area contributed by atoms with Gasteiger partial charge in [0.2, 0.25) is 0 Å². The summed E-state index contributed by atoms with van der Waals surface area (Å²) in [7, 11) is 1.49. The standard InChI is InChI=1S/C43H51N3O4SSi/c1-42(2,3)52(6,7)50-31-38-18-12-17-37(46-38)29-45-41(51)44-28-32-13-11-14-33(27-32)30-49-43(34-15-9-8-10-16-34,35-19-23-39(47-4)24-20-35)36-21-25-40(48-5)26-22-36/h8-27H,28-31H2,1-7H3,(H2,44,45,51). The molecule has 0 atom stereocenters. The molecule has 0 radical (unpaired) electrons. The van der Waals surface area contributed by atoms with E-state index in [-0.39, 0.29) is 5.04 Å². The van der Waals surface area contributed by atoms with E-state index in [4.69, 9.17) is 35.8 Å². The van der Waals surface area contributed by atoms with Gasteiger partial charge in [0.15, 0.2) is 13.4 Å². The number of methoxy groups -OCH3 is 2. The quantitative estimate of drug-likeness (QED) is 0.0627. The first-order valence-electron chi connectivity index (χ1n) is 17.6. The summed E-state index contributed by atoms with van der Waals surface area (Å²) in [6, 6.07) is 40.9. The zero-order valence-corrected chi connectivity index (χ0v) is 33.2. The molecule has 0 spiro atoms. The Balaban J connectivity index is 1.27. The Morgan fingerprint density at radius 1 is 0.635 bits per heavy atom. The fourth-order valence-electron chi connectivity index (χ4n) is 5.69. The molecule has 0 aliphatic heterocycles. The number of pyridine rings is 1. The Kier molecular flexibility index (Phi) is 12.9. The summed E-state index contributed by atoms with van der Waals surface area (Å²) >= 11 is 5.65. The number of rotatable bonds is 15. The van der Waals surface area contributed by atoms with E-state index in [9.17, 15) is 0 Å². The third-order valence-electron chi connectivity index (χ3n) is 9.75. The third kappa shape index (κ3) is 9.66. The van der Waals surface area contributed by atoms with Gasteiger partial charge < -0.3 is 29.3 Å². The number of nitrogens with one attached hydrogen (secondary N) is 2. The van der Waals surface area contributed by atoms with E-state index in [1.54, 1.807) is 14.2 Å². The second kappa shape index (κ2) is 17.3. The number of thiocarbonyl (C=S) groups is 1. The van der Waals surface area contributed by atoms with E-state index in [1.807, 2.05) is 60.7 Å². The highest BCUT2D eigenvalue weighted by Gasteiger charge is 2.38. The molecule has 2 N–H and O–H groups in total. The lowest BCUT2D eigenvalue weighted by Gasteiger charge is -2.36. The van der Waals surface area contributed by atoms with Gasteiger partial charge in [0.05, 0.1) is 45.4 Å². The van der Waals surface area contributed by atoms with Crippen LogP contribution in [0.25, 0.3) is 0 Å². The third-order valence-corrected chi connectivity index (χ3v) is 14.5. The SMILES string of the molecule is COc1ccc(C(OCc2cccc(CNC(=S)NCc3cccc(CO[Si](C)(C)C(C)(C)C)n3)c2)(c2ccccc2)c2ccc(OC)cc2)cc1. The number of hydrogen-bond acceptors (Lipinski definition) is 6. The summed E-state index contributed by atoms with van der Waals surface area (Å²) in [5.74, 6) is 1.56. The van der Waals surface area contributed by atoms with E-state index in [2.05, 4.69) is 105 Å². The van der Waals surface area contributed by atoms with Gasteiger partial charge in [0, 0.05) is 6.54 Å². The molecule has 7 nitrogen and oxygen atoms in total. The summed E-state index contributed by atoms with van der Waals surface area (Å²) in [5, 5.41) is 7.37. The summed E-state index contributed by atoms with van der Waals surface area (Å²) in [5.41, 5.74) is 6.06. The highest BCUT2D eigenvalue weighted by atomic mass is 32.1. The highest BCUT2D eigenvalue weighted by Crippen LogP contribution is 2.42. The topological polar surface area (TPSA) is 73.9 Å². The van der Waals surface area contributed by atoms with Crippen molar-refractivity contribution in [1.29, 1.82) is 0 Å². The number of benzene rings is 4. The van der Waals surface area contributed by atoms with Gasteiger partial charge in [-0.1, -0.05) is 106 Å². The molecule has 0 saturated heterocycles. The van der Waals surface area contributed by atoms with Crippen LogP contribution in [0, 0.1) is 0 Å². The molecule has 0 aliphatic rings. The van der Waals surface area contributed by atoms with Crippen molar-refractivity contribution in [3.05, 3.63) is 161 Å². The average molecular weight is 734 g/mol. The van der Waals surface area contributed by atoms with Crippen LogP contribution in [0.1, 0.15) is 60.0 Å². The fraction of sp³-hybridized carbons (Fsp3) is 0.302. The monoisotopic (exact) mass is 733 g/mol. The normalized spacial score (nSPS) is 11.9. The molecule has 1 heterocycles. The second-order valence-electron chi connectivity index (χ2n) is 14.3. The van der Waals surface area contributed by atoms with Crippen LogP contribution in [0.3, 0.4) is 0 Å². The predicted octanol–water partition coefficient (Wildman–Crippen LogP) is 9.29. The van der Waals surface area contributed by atoms with Crippen molar-refractivity contribution in [3.8, 4) is 11.5 Å². The molecular weight excluding hydrogens is 683 g/mol. The Morgan fingerprint density at radius 2 is 1.17 bits per heavy atom. The molecule has 0 fully saturated rings. The Labute approximate surface area is 315 Å². The molecule has 272 valence electrons. The zero-order chi connectivity index (χ0) is 37.2. The molecule has 5 aromatic rings. The zero-order valence-electron chi connectivity index (χ0n) is 31.4. The van der Waals surface area contributed by atoms with E-state index < -0.39 is 13.9 Å². The lowest BCUT2D eigenvalue weighted by Crippen LogP contribution is -2.40. The van der Waals surface area contributed by atoms with E-state index in [0.717, 1.165) is 50.7 Å². The number of hydrogen-bond donors (Lipinski definition) is 2. The minimum absolute atomic E-state index is 0.151. The molecule has 0 saturated carbocycles. The van der Waals surface area contributed by atoms with E-state index in [1.165, 1.54) is 0 Å². The molecule has 52 heavy (non-hydrogen) atoms. The second-order valence-corrected chi connectivity index (χ2v) is 19.5. The number of nitrogens with zero attached hydrogens (tertiary/aromatic N) is 1. The molecular formula is C43H51N3O4SSi. The van der Waals surface area contributed by atoms with Crippen molar-refractivity contribution in [2.24, 2.45) is 0 Å². The number of ether oxygens (including phenoxy) is 3. The summed E-state index contributed by atoms with van der Waals surface area (Å²) < 4.78 is 24.5. The largest absolute Gasteiger partial charge is 0.497 e. The molecule has 9 heteroatoms. The molecule has 5 rings (SSSR count). The summed E-state index contributed by atoms with van der Waals surface area (Å²) in [4.78, 5) is 4.80. The number of aromatic nitrogens is 1. The van der Waals surface area contributed by atoms with Gasteiger partial charge in [-0.3, -0.25) is 4.98 Å². The molecule has 0 amide bonds. The van der Waals surface area contributed by atoms with Crippen LogP contribution in [0.2, 0.25) is 18.1 Å². The fourth-order valence-corrected chi connectivity index (χ4v) is 6.78. The Hall–Kier alpha value is -4.54. The van der Waals surface area contributed by atoms with Crippen LogP contribution < -0.4 is 20.1 Å². The Bertz CT molecular complexity index is 1850. The minimum atomic E-state index is -1.86. The van der Waals surface area contributed by atoms with Crippen LogP contribution >= 0.6 is 12.2 Å². The van der Waals surface area contributed by atoms with E-state index in [0.29, 0.717) is 31.4 Å². The van der Waals surface area contributed by atoms with Gasteiger partial charge in [0.25, 0.3) is 0 Å². The average Bonchev–Trinajstić information content (AvgIpc) is 3.16. The predicted molar refractivity (Wildman–Crippen MR) is 216 cm³/mol. The van der Waals surface area contributed by atoms with Crippen molar-refractivity contribution in [2.45, 2.75) is 70.8 Å². The van der Waals surface area contributed by atoms with Gasteiger partial charge in [0.1, 0.15) is 17.1 Å². The summed E-state index contributed by atoms with van der Waals surface area (Å²) in [6.45, 7) is 13.2. The van der Waals surface area contributed by atoms with Crippen molar-refractivity contribution in [2.75, 3.05) is 14.2 Å². The highest BCUT2D eigenvalue weighted by molar-refractivity contribution is 7.80. The maximum Gasteiger partial charge on any atom is 0.192 e. The minimum Gasteiger partial charge on any atom is -0.497 e. The summed E-state index contributed by atoms with van der Waals surface area (Å²) in [6.07, 6.45) is 0. The molecule has 4 aromatic carbocycles. The van der Waals surface area contributed by atoms with Gasteiger partial charge in [-0.2, -0.15) is 0 Å². The lowest BCUT2D eigenvalue weighted by molar-refractivity contribution is 0.000167. The first-order chi connectivity index (χ1) is 24.9. The van der Waals surface area contributed by atoms with Gasteiger partial charge in [-0.25, -0.2) is 0 Å². The van der Waals surface area contributed by atoms with Gasteiger partial charge >= 0.3 is 0 Å². The van der Waals surface area contributed by atoms with Crippen molar-refractivity contribution >= 4 is 25.6 Å².